The largest absolute Gasteiger partial charge is 0.338 e. The second-order valence-electron chi connectivity index (χ2n) is 8.01. The van der Waals surface area contributed by atoms with Gasteiger partial charge in [0.25, 0.3) is 0 Å². The maximum absolute atomic E-state index is 12.8. The molecule has 1 aromatic carbocycles. The quantitative estimate of drug-likeness (QED) is 0.897. The molecule has 1 aliphatic carbocycles. The van der Waals surface area contributed by atoms with Crippen LogP contribution in [0.4, 0.5) is 4.79 Å². The first-order chi connectivity index (χ1) is 13.2. The van der Waals surface area contributed by atoms with Crippen molar-refractivity contribution in [1.29, 1.82) is 0 Å². The molecule has 2 aromatic rings. The zero-order valence-corrected chi connectivity index (χ0v) is 16.2. The van der Waals surface area contributed by atoms with Crippen LogP contribution >= 0.6 is 0 Å². The fraction of sp³-hybridized carbons (Fsp3) is 0.545. The van der Waals surface area contributed by atoms with Crippen LogP contribution in [0.25, 0.3) is 0 Å². The van der Waals surface area contributed by atoms with E-state index in [1.807, 2.05) is 22.8 Å². The van der Waals surface area contributed by atoms with E-state index in [4.69, 9.17) is 0 Å². The standard InChI is InChI=1S/C22H30N4O/c1-25-21-12-7-13-26(16-19(21)15-24-25)22(27)23-14-18-10-5-6-11-20(18)17-8-3-2-4-9-17/h2-4,8-9,15,18,20H,5-7,10-14,16H2,1H3,(H,23,27). The number of nitrogens with zero attached hydrogens (tertiary/aromatic N) is 3. The van der Waals surface area contributed by atoms with E-state index in [1.54, 1.807) is 0 Å². The van der Waals surface area contributed by atoms with Crippen molar-refractivity contribution >= 4 is 6.03 Å². The number of benzene rings is 1. The van der Waals surface area contributed by atoms with Crippen molar-refractivity contribution in [3.63, 3.8) is 0 Å². The molecule has 1 saturated carbocycles. The normalized spacial score (nSPS) is 22.8. The third-order valence-corrected chi connectivity index (χ3v) is 6.29. The lowest BCUT2D eigenvalue weighted by molar-refractivity contribution is 0.190. The minimum absolute atomic E-state index is 0.0732. The molecule has 27 heavy (non-hydrogen) atoms. The number of carbonyl (C=O) groups is 1. The highest BCUT2D eigenvalue weighted by atomic mass is 16.2. The Morgan fingerprint density at radius 1 is 1.19 bits per heavy atom. The molecular weight excluding hydrogens is 336 g/mol. The van der Waals surface area contributed by atoms with Gasteiger partial charge in [0.2, 0.25) is 0 Å². The van der Waals surface area contributed by atoms with Crippen LogP contribution < -0.4 is 5.32 Å². The predicted molar refractivity (Wildman–Crippen MR) is 106 cm³/mol. The van der Waals surface area contributed by atoms with E-state index in [-0.39, 0.29) is 6.03 Å². The molecule has 144 valence electrons. The van der Waals surface area contributed by atoms with Crippen LogP contribution in [0, 0.1) is 5.92 Å². The molecule has 2 atom stereocenters. The summed E-state index contributed by atoms with van der Waals surface area (Å²) in [5.74, 6) is 1.10. The molecule has 1 aromatic heterocycles. The van der Waals surface area contributed by atoms with Crippen LogP contribution in [0.2, 0.25) is 0 Å². The lowest BCUT2D eigenvalue weighted by atomic mass is 9.75. The summed E-state index contributed by atoms with van der Waals surface area (Å²) in [6, 6.07) is 10.9. The Labute approximate surface area is 161 Å². The molecule has 1 fully saturated rings. The zero-order chi connectivity index (χ0) is 18.6. The van der Waals surface area contributed by atoms with Gasteiger partial charge in [-0.2, -0.15) is 5.10 Å². The number of rotatable bonds is 3. The second-order valence-corrected chi connectivity index (χ2v) is 8.01. The van der Waals surface area contributed by atoms with Crippen molar-refractivity contribution in [1.82, 2.24) is 20.0 Å². The van der Waals surface area contributed by atoms with E-state index in [2.05, 4.69) is 40.7 Å². The van der Waals surface area contributed by atoms with Gasteiger partial charge in [0.1, 0.15) is 0 Å². The fourth-order valence-electron chi connectivity index (χ4n) is 4.78. The van der Waals surface area contributed by atoms with Gasteiger partial charge in [-0.1, -0.05) is 43.2 Å². The van der Waals surface area contributed by atoms with Crippen molar-refractivity contribution in [2.75, 3.05) is 13.1 Å². The van der Waals surface area contributed by atoms with E-state index in [0.717, 1.165) is 25.9 Å². The summed E-state index contributed by atoms with van der Waals surface area (Å²) in [4.78, 5) is 14.8. The SMILES string of the molecule is Cn1ncc2c1CCCN(C(=O)NCC1CCCCC1c1ccccc1)C2. The number of hydrogen-bond acceptors (Lipinski definition) is 2. The van der Waals surface area contributed by atoms with Gasteiger partial charge in [-0.15, -0.1) is 0 Å². The van der Waals surface area contributed by atoms with Crippen molar-refractivity contribution in [3.8, 4) is 0 Å². The molecular formula is C22H30N4O. The number of aryl methyl sites for hydroxylation is 1. The fourth-order valence-corrected chi connectivity index (χ4v) is 4.78. The third-order valence-electron chi connectivity index (χ3n) is 6.29. The lowest BCUT2D eigenvalue weighted by Crippen LogP contribution is -2.42. The van der Waals surface area contributed by atoms with Gasteiger partial charge >= 0.3 is 6.03 Å². The molecule has 1 aliphatic heterocycles. The van der Waals surface area contributed by atoms with Crippen LogP contribution in [0.15, 0.2) is 36.5 Å². The van der Waals surface area contributed by atoms with Gasteiger partial charge in [0.05, 0.1) is 12.7 Å². The smallest absolute Gasteiger partial charge is 0.317 e. The van der Waals surface area contributed by atoms with Gasteiger partial charge < -0.3 is 10.2 Å². The Hall–Kier alpha value is -2.30. The Bertz CT molecular complexity index is 770. The van der Waals surface area contributed by atoms with E-state index in [0.29, 0.717) is 18.4 Å². The van der Waals surface area contributed by atoms with E-state index in [1.165, 1.54) is 42.5 Å². The first-order valence-electron chi connectivity index (χ1n) is 10.3. The monoisotopic (exact) mass is 366 g/mol. The number of fused-ring (bicyclic) bond motifs is 1. The number of carbonyl (C=O) groups excluding carboxylic acids is 1. The number of urea groups is 1. The minimum atomic E-state index is 0.0732. The number of amides is 2. The first kappa shape index (κ1) is 18.1. The Kier molecular flexibility index (Phi) is 5.46. The Morgan fingerprint density at radius 3 is 2.85 bits per heavy atom. The summed E-state index contributed by atoms with van der Waals surface area (Å²) < 4.78 is 1.95. The van der Waals surface area contributed by atoms with Crippen LogP contribution in [0.1, 0.15) is 54.8 Å². The number of hydrogen-bond donors (Lipinski definition) is 1. The molecule has 1 N–H and O–H groups in total. The van der Waals surface area contributed by atoms with Gasteiger partial charge in [0, 0.05) is 31.4 Å². The highest BCUT2D eigenvalue weighted by Crippen LogP contribution is 2.37. The third kappa shape index (κ3) is 4.02. The zero-order valence-electron chi connectivity index (χ0n) is 16.2. The molecule has 2 aliphatic rings. The topological polar surface area (TPSA) is 50.2 Å². The van der Waals surface area contributed by atoms with E-state index in [9.17, 15) is 4.79 Å². The molecule has 5 heteroatoms. The van der Waals surface area contributed by atoms with Gasteiger partial charge in [-0.05, 0) is 43.1 Å². The van der Waals surface area contributed by atoms with Crippen molar-refractivity contribution < 1.29 is 4.79 Å². The average molecular weight is 367 g/mol. The van der Waals surface area contributed by atoms with Crippen molar-refractivity contribution in [2.45, 2.75) is 51.0 Å². The number of nitrogens with one attached hydrogen (secondary N) is 1. The number of aromatic nitrogens is 2. The van der Waals surface area contributed by atoms with Crippen LogP contribution in [-0.4, -0.2) is 33.8 Å². The molecule has 0 radical (unpaired) electrons. The van der Waals surface area contributed by atoms with Crippen molar-refractivity contribution in [2.24, 2.45) is 13.0 Å². The van der Waals surface area contributed by atoms with Crippen LogP contribution in [0.3, 0.4) is 0 Å². The Morgan fingerprint density at radius 2 is 2.00 bits per heavy atom. The molecule has 4 rings (SSSR count). The van der Waals surface area contributed by atoms with E-state index >= 15 is 0 Å². The predicted octanol–water partition coefficient (Wildman–Crippen LogP) is 3.85. The van der Waals surface area contributed by atoms with Crippen LogP contribution in [0.5, 0.6) is 0 Å². The maximum atomic E-state index is 12.8. The lowest BCUT2D eigenvalue weighted by Gasteiger charge is -2.33. The highest BCUT2D eigenvalue weighted by molar-refractivity contribution is 5.74. The molecule has 2 unspecified atom stereocenters. The molecule has 0 saturated heterocycles. The maximum Gasteiger partial charge on any atom is 0.317 e. The second kappa shape index (κ2) is 8.15. The molecule has 0 bridgehead atoms. The van der Waals surface area contributed by atoms with Gasteiger partial charge in [-0.3, -0.25) is 4.68 Å². The molecule has 0 spiro atoms. The minimum Gasteiger partial charge on any atom is -0.338 e. The molecule has 5 nitrogen and oxygen atoms in total. The highest BCUT2D eigenvalue weighted by Gasteiger charge is 2.28. The first-order valence-corrected chi connectivity index (χ1v) is 10.3. The van der Waals surface area contributed by atoms with Crippen molar-refractivity contribution in [3.05, 3.63) is 53.3 Å². The van der Waals surface area contributed by atoms with Crippen LogP contribution in [-0.2, 0) is 20.0 Å². The Balaban J connectivity index is 1.38. The summed E-state index contributed by atoms with van der Waals surface area (Å²) in [5.41, 5.74) is 3.87. The average Bonchev–Trinajstić information content (AvgIpc) is 2.92. The molecule has 2 amide bonds. The summed E-state index contributed by atoms with van der Waals surface area (Å²) in [7, 11) is 1.99. The van der Waals surface area contributed by atoms with Gasteiger partial charge in [-0.25, -0.2) is 4.79 Å². The van der Waals surface area contributed by atoms with E-state index < -0.39 is 0 Å². The summed E-state index contributed by atoms with van der Waals surface area (Å²) in [5, 5.41) is 7.60. The summed E-state index contributed by atoms with van der Waals surface area (Å²) in [6.45, 7) is 2.25. The molecule has 2 heterocycles. The van der Waals surface area contributed by atoms with Gasteiger partial charge in [0.15, 0.2) is 0 Å². The summed E-state index contributed by atoms with van der Waals surface area (Å²) in [6.07, 6.45) is 8.89. The summed E-state index contributed by atoms with van der Waals surface area (Å²) >= 11 is 0.